The summed E-state index contributed by atoms with van der Waals surface area (Å²) in [6.07, 6.45) is 1.78. The highest BCUT2D eigenvalue weighted by Crippen LogP contribution is 2.17. The summed E-state index contributed by atoms with van der Waals surface area (Å²) >= 11 is 0. The molecule has 0 aromatic heterocycles. The first-order valence-electron chi connectivity index (χ1n) is 5.05. The summed E-state index contributed by atoms with van der Waals surface area (Å²) in [6, 6.07) is -0.196. The minimum absolute atomic E-state index is 0.0983. The van der Waals surface area contributed by atoms with Crippen molar-refractivity contribution in [3.05, 3.63) is 0 Å². The molecular formula is C10H17NO3. The molecule has 1 saturated heterocycles. The Labute approximate surface area is 84.2 Å². The van der Waals surface area contributed by atoms with Gasteiger partial charge in [0.1, 0.15) is 11.8 Å². The van der Waals surface area contributed by atoms with Crippen molar-refractivity contribution in [1.29, 1.82) is 0 Å². The number of esters is 1. The third-order valence-corrected chi connectivity index (χ3v) is 2.35. The first-order valence-corrected chi connectivity index (χ1v) is 5.05. The number of ether oxygens (including phenoxy) is 1. The van der Waals surface area contributed by atoms with Crippen molar-refractivity contribution in [2.75, 3.05) is 19.7 Å². The van der Waals surface area contributed by atoms with Crippen LogP contribution in [0.1, 0.15) is 26.7 Å². The van der Waals surface area contributed by atoms with Crippen LogP contribution in [0.3, 0.4) is 0 Å². The van der Waals surface area contributed by atoms with E-state index in [2.05, 4.69) is 0 Å². The van der Waals surface area contributed by atoms with Crippen LogP contribution in [0.5, 0.6) is 0 Å². The van der Waals surface area contributed by atoms with Gasteiger partial charge in [-0.05, 0) is 33.2 Å². The monoisotopic (exact) mass is 199 g/mol. The summed E-state index contributed by atoms with van der Waals surface area (Å²) in [5.74, 6) is -0.0903. The molecule has 1 aliphatic heterocycles. The number of likely N-dealkylation sites (tertiary alicyclic amines) is 1. The summed E-state index contributed by atoms with van der Waals surface area (Å²) in [6.45, 7) is 4.93. The molecule has 0 N–H and O–H groups in total. The van der Waals surface area contributed by atoms with E-state index in [4.69, 9.17) is 4.74 Å². The lowest BCUT2D eigenvalue weighted by Crippen LogP contribution is -2.39. The van der Waals surface area contributed by atoms with Gasteiger partial charge in [0.2, 0.25) is 0 Å². The molecular weight excluding hydrogens is 182 g/mol. The molecule has 0 aliphatic carbocycles. The van der Waals surface area contributed by atoms with Crippen LogP contribution in [-0.2, 0) is 14.3 Å². The number of rotatable bonds is 4. The van der Waals surface area contributed by atoms with Gasteiger partial charge in [-0.15, -0.1) is 0 Å². The van der Waals surface area contributed by atoms with Gasteiger partial charge in [-0.25, -0.2) is 0 Å². The van der Waals surface area contributed by atoms with Crippen LogP contribution in [0.25, 0.3) is 0 Å². The Morgan fingerprint density at radius 1 is 1.50 bits per heavy atom. The average Bonchev–Trinajstić information content (AvgIpc) is 2.51. The maximum atomic E-state index is 11.5. The molecule has 14 heavy (non-hydrogen) atoms. The minimum atomic E-state index is -0.196. The van der Waals surface area contributed by atoms with E-state index < -0.39 is 0 Å². The van der Waals surface area contributed by atoms with Gasteiger partial charge in [0, 0.05) is 0 Å². The number of hydrogen-bond donors (Lipinski definition) is 0. The smallest absolute Gasteiger partial charge is 0.323 e. The van der Waals surface area contributed by atoms with Gasteiger partial charge in [-0.2, -0.15) is 0 Å². The number of nitrogens with zero attached hydrogens (tertiary/aromatic N) is 1. The molecule has 4 nitrogen and oxygen atoms in total. The summed E-state index contributed by atoms with van der Waals surface area (Å²) in [7, 11) is 0. The number of carbonyl (C=O) groups excluding carboxylic acids is 2. The molecule has 1 heterocycles. The lowest BCUT2D eigenvalue weighted by Gasteiger charge is -2.21. The maximum Gasteiger partial charge on any atom is 0.323 e. The van der Waals surface area contributed by atoms with Gasteiger partial charge in [-0.1, -0.05) is 0 Å². The summed E-state index contributed by atoms with van der Waals surface area (Å²) in [4.78, 5) is 24.3. The van der Waals surface area contributed by atoms with Crippen LogP contribution >= 0.6 is 0 Å². The summed E-state index contributed by atoms with van der Waals surface area (Å²) in [5, 5.41) is 0. The van der Waals surface area contributed by atoms with Crippen LogP contribution in [-0.4, -0.2) is 42.4 Å². The predicted molar refractivity (Wildman–Crippen MR) is 51.9 cm³/mol. The van der Waals surface area contributed by atoms with E-state index in [1.165, 1.54) is 0 Å². The standard InChI is InChI=1S/C10H17NO3/c1-3-14-10(13)9-5-4-6-11(9)7-8(2)12/h9H,3-7H2,1-2H3. The first kappa shape index (κ1) is 11.2. The van der Waals surface area contributed by atoms with Crippen molar-refractivity contribution in [3.8, 4) is 0 Å². The molecule has 0 aromatic rings. The Morgan fingerprint density at radius 2 is 2.21 bits per heavy atom. The Bertz CT molecular complexity index is 227. The van der Waals surface area contributed by atoms with Gasteiger partial charge >= 0.3 is 5.97 Å². The molecule has 1 aliphatic rings. The predicted octanol–water partition coefficient (Wildman–Crippen LogP) is 0.603. The fraction of sp³-hybridized carbons (Fsp3) is 0.800. The van der Waals surface area contributed by atoms with E-state index >= 15 is 0 Å². The lowest BCUT2D eigenvalue weighted by atomic mass is 10.2. The zero-order valence-electron chi connectivity index (χ0n) is 8.78. The SMILES string of the molecule is CCOC(=O)C1CCCN1CC(C)=O. The highest BCUT2D eigenvalue weighted by molar-refractivity contribution is 5.80. The van der Waals surface area contributed by atoms with Gasteiger partial charge in [0.15, 0.2) is 0 Å². The molecule has 0 amide bonds. The lowest BCUT2D eigenvalue weighted by molar-refractivity contribution is -0.148. The molecule has 0 saturated carbocycles. The molecule has 1 atom stereocenters. The van der Waals surface area contributed by atoms with Crippen LogP contribution in [0.4, 0.5) is 0 Å². The fourth-order valence-electron chi connectivity index (χ4n) is 1.81. The van der Waals surface area contributed by atoms with Crippen molar-refractivity contribution < 1.29 is 14.3 Å². The van der Waals surface area contributed by atoms with Gasteiger partial charge in [-0.3, -0.25) is 14.5 Å². The highest BCUT2D eigenvalue weighted by Gasteiger charge is 2.31. The molecule has 0 radical (unpaired) electrons. The normalized spacial score (nSPS) is 22.3. The van der Waals surface area contributed by atoms with E-state index in [-0.39, 0.29) is 17.8 Å². The second-order valence-corrected chi connectivity index (χ2v) is 3.58. The largest absolute Gasteiger partial charge is 0.465 e. The molecule has 1 fully saturated rings. The highest BCUT2D eigenvalue weighted by atomic mass is 16.5. The number of ketones is 1. The van der Waals surface area contributed by atoms with Gasteiger partial charge in [0.05, 0.1) is 13.2 Å². The van der Waals surface area contributed by atoms with Crippen molar-refractivity contribution in [2.45, 2.75) is 32.7 Å². The van der Waals surface area contributed by atoms with Gasteiger partial charge < -0.3 is 4.74 Å². The molecule has 1 rings (SSSR count). The first-order chi connectivity index (χ1) is 6.65. The molecule has 80 valence electrons. The second kappa shape index (κ2) is 5.10. The van der Waals surface area contributed by atoms with Gasteiger partial charge in [0.25, 0.3) is 0 Å². The van der Waals surface area contributed by atoms with Crippen molar-refractivity contribution in [2.24, 2.45) is 0 Å². The minimum Gasteiger partial charge on any atom is -0.465 e. The van der Waals surface area contributed by atoms with E-state index in [1.54, 1.807) is 13.8 Å². The topological polar surface area (TPSA) is 46.6 Å². The maximum absolute atomic E-state index is 11.5. The third kappa shape index (κ3) is 2.80. The Morgan fingerprint density at radius 3 is 2.79 bits per heavy atom. The Kier molecular flexibility index (Phi) is 4.07. The van der Waals surface area contributed by atoms with Crippen molar-refractivity contribution >= 4 is 11.8 Å². The second-order valence-electron chi connectivity index (χ2n) is 3.58. The van der Waals surface area contributed by atoms with E-state index in [0.29, 0.717) is 13.2 Å². The van der Waals surface area contributed by atoms with Crippen molar-refractivity contribution in [3.63, 3.8) is 0 Å². The van der Waals surface area contributed by atoms with E-state index in [1.807, 2.05) is 4.90 Å². The van der Waals surface area contributed by atoms with Crippen LogP contribution in [0, 0.1) is 0 Å². The Hall–Kier alpha value is -0.900. The van der Waals surface area contributed by atoms with Crippen LogP contribution < -0.4 is 0 Å². The number of hydrogen-bond acceptors (Lipinski definition) is 4. The molecule has 1 unspecified atom stereocenters. The van der Waals surface area contributed by atoms with Crippen LogP contribution in [0.15, 0.2) is 0 Å². The van der Waals surface area contributed by atoms with Crippen LogP contribution in [0.2, 0.25) is 0 Å². The fourth-order valence-corrected chi connectivity index (χ4v) is 1.81. The molecule has 4 heteroatoms. The quantitative estimate of drug-likeness (QED) is 0.622. The third-order valence-electron chi connectivity index (χ3n) is 2.35. The Balaban J connectivity index is 2.50. The molecule has 0 bridgehead atoms. The summed E-state index contributed by atoms with van der Waals surface area (Å²) in [5.41, 5.74) is 0. The summed E-state index contributed by atoms with van der Waals surface area (Å²) < 4.78 is 4.95. The van der Waals surface area contributed by atoms with Crippen molar-refractivity contribution in [1.82, 2.24) is 4.90 Å². The number of Topliss-reactive ketones (excluding diaryl/α,β-unsaturated/α-hetero) is 1. The average molecular weight is 199 g/mol. The molecule has 0 spiro atoms. The van der Waals surface area contributed by atoms with E-state index in [0.717, 1.165) is 19.4 Å². The molecule has 0 aromatic carbocycles. The zero-order chi connectivity index (χ0) is 10.6. The van der Waals surface area contributed by atoms with E-state index in [9.17, 15) is 9.59 Å². The zero-order valence-corrected chi connectivity index (χ0v) is 8.78. The number of carbonyl (C=O) groups is 2.